The predicted octanol–water partition coefficient (Wildman–Crippen LogP) is 1.01. The van der Waals surface area contributed by atoms with Crippen molar-refractivity contribution in [3.8, 4) is 0 Å². The molecule has 0 fully saturated rings. The van der Waals surface area contributed by atoms with Crippen LogP contribution in [0.1, 0.15) is 12.8 Å². The van der Waals surface area contributed by atoms with Crippen molar-refractivity contribution in [3.05, 3.63) is 0 Å². The zero-order chi connectivity index (χ0) is 6.53. The maximum absolute atomic E-state index is 5.56. The monoisotopic (exact) mass is 146 g/mol. The van der Waals surface area contributed by atoms with Crippen LogP contribution in [0.4, 0.5) is 0 Å². The largest absolute Gasteiger partial charge is 0.373 e. The lowest BCUT2D eigenvalue weighted by atomic mass is 10.3. The topological polar surface area (TPSA) is 24.4 Å². The summed E-state index contributed by atoms with van der Waals surface area (Å²) in [4.78, 5) is 4.22. The van der Waals surface area contributed by atoms with Crippen molar-refractivity contribution >= 4 is 17.4 Å². The Morgan fingerprint density at radius 1 is 1.56 bits per heavy atom. The third-order valence-electron chi connectivity index (χ3n) is 1.34. The molecule has 0 radical (unpaired) electrons. The fraction of sp³-hybridized carbons (Fsp3) is 0.833. The maximum Gasteiger partial charge on any atom is 0.111 e. The second-order valence-corrected chi connectivity index (χ2v) is 2.36. The van der Waals surface area contributed by atoms with E-state index in [-0.39, 0.29) is 0 Å². The molecule has 1 heterocycles. The molecule has 52 valence electrons. The van der Waals surface area contributed by atoms with E-state index in [0.717, 1.165) is 18.9 Å². The molecule has 1 aliphatic rings. The molecule has 0 saturated carbocycles. The van der Waals surface area contributed by atoms with Crippen LogP contribution in [0.2, 0.25) is 0 Å². The molecule has 0 bridgehead atoms. The van der Waals surface area contributed by atoms with Crippen LogP contribution < -0.4 is 5.32 Å². The van der Waals surface area contributed by atoms with Gasteiger partial charge in [0.1, 0.15) is 5.84 Å². The minimum Gasteiger partial charge on any atom is -0.373 e. The molecule has 0 aromatic rings. The van der Waals surface area contributed by atoms with Gasteiger partial charge in [-0.15, -0.1) is 11.6 Å². The summed E-state index contributed by atoms with van der Waals surface area (Å²) in [6.45, 7) is 1.97. The van der Waals surface area contributed by atoms with Gasteiger partial charge < -0.3 is 5.32 Å². The number of nitrogens with one attached hydrogen (secondary N) is 1. The van der Waals surface area contributed by atoms with Gasteiger partial charge in [0.15, 0.2) is 0 Å². The lowest BCUT2D eigenvalue weighted by Crippen LogP contribution is -2.24. The fourth-order valence-electron chi connectivity index (χ4n) is 0.829. The minimum atomic E-state index is 0.528. The molecular formula is C6H11ClN2. The van der Waals surface area contributed by atoms with Crippen LogP contribution in [0.3, 0.4) is 0 Å². The van der Waals surface area contributed by atoms with Gasteiger partial charge in [0.25, 0.3) is 0 Å². The molecule has 2 nitrogen and oxygen atoms in total. The first-order chi connectivity index (χ1) is 4.43. The molecule has 0 saturated heterocycles. The molecule has 1 N–H and O–H groups in total. The van der Waals surface area contributed by atoms with Gasteiger partial charge >= 0.3 is 0 Å². The molecule has 1 aliphatic heterocycles. The summed E-state index contributed by atoms with van der Waals surface area (Å²) in [6.07, 6.45) is 2.40. The first-order valence-corrected chi connectivity index (χ1v) is 3.80. The number of rotatable bonds is 1. The van der Waals surface area contributed by atoms with Crippen LogP contribution in [0.25, 0.3) is 0 Å². The fourth-order valence-corrected chi connectivity index (χ4v) is 1.01. The Hall–Kier alpha value is -0.240. The molecule has 0 aromatic heterocycles. The van der Waals surface area contributed by atoms with Crippen LogP contribution in [-0.2, 0) is 0 Å². The number of alkyl halides is 1. The molecule has 9 heavy (non-hydrogen) atoms. The summed E-state index contributed by atoms with van der Waals surface area (Å²) < 4.78 is 0. The third-order valence-corrected chi connectivity index (χ3v) is 1.60. The van der Waals surface area contributed by atoms with E-state index in [1.807, 2.05) is 0 Å². The number of aliphatic imine (C=N–C) groups is 1. The predicted molar refractivity (Wildman–Crippen MR) is 40.3 cm³/mol. The van der Waals surface area contributed by atoms with E-state index in [2.05, 4.69) is 10.3 Å². The normalized spacial score (nSPS) is 19.9. The first-order valence-electron chi connectivity index (χ1n) is 3.26. The van der Waals surface area contributed by atoms with E-state index in [1.54, 1.807) is 0 Å². The molecule has 0 unspecified atom stereocenters. The lowest BCUT2D eigenvalue weighted by molar-refractivity contribution is 0.749. The van der Waals surface area contributed by atoms with Crippen molar-refractivity contribution < 1.29 is 0 Å². The highest BCUT2D eigenvalue weighted by molar-refractivity contribution is 6.28. The minimum absolute atomic E-state index is 0.528. The van der Waals surface area contributed by atoms with Crippen molar-refractivity contribution in [2.75, 3.05) is 19.0 Å². The van der Waals surface area contributed by atoms with Crippen molar-refractivity contribution in [2.24, 2.45) is 4.99 Å². The zero-order valence-electron chi connectivity index (χ0n) is 5.36. The summed E-state index contributed by atoms with van der Waals surface area (Å²) in [7, 11) is 0. The summed E-state index contributed by atoms with van der Waals surface area (Å²) >= 11 is 5.56. The van der Waals surface area contributed by atoms with Gasteiger partial charge in [0, 0.05) is 13.1 Å². The van der Waals surface area contributed by atoms with E-state index in [0.29, 0.717) is 5.88 Å². The summed E-state index contributed by atoms with van der Waals surface area (Å²) in [5, 5.41) is 3.15. The summed E-state index contributed by atoms with van der Waals surface area (Å²) in [5.74, 6) is 1.48. The van der Waals surface area contributed by atoms with Crippen LogP contribution in [-0.4, -0.2) is 24.8 Å². The molecular weight excluding hydrogens is 136 g/mol. The number of hydrogen-bond donors (Lipinski definition) is 1. The van der Waals surface area contributed by atoms with Gasteiger partial charge in [-0.05, 0) is 12.8 Å². The second-order valence-electron chi connectivity index (χ2n) is 2.10. The Morgan fingerprint density at radius 2 is 2.44 bits per heavy atom. The van der Waals surface area contributed by atoms with Crippen LogP contribution >= 0.6 is 11.6 Å². The smallest absolute Gasteiger partial charge is 0.111 e. The van der Waals surface area contributed by atoms with Crippen molar-refractivity contribution in [3.63, 3.8) is 0 Å². The second kappa shape index (κ2) is 3.72. The summed E-state index contributed by atoms with van der Waals surface area (Å²) in [6, 6.07) is 0. The van der Waals surface area contributed by atoms with Crippen molar-refractivity contribution in [1.82, 2.24) is 5.32 Å². The zero-order valence-corrected chi connectivity index (χ0v) is 6.12. The first kappa shape index (κ1) is 6.87. The number of hydrogen-bond acceptors (Lipinski definition) is 2. The quantitative estimate of drug-likeness (QED) is 0.549. The molecule has 0 spiro atoms. The highest BCUT2D eigenvalue weighted by Gasteiger charge is 1.99. The number of nitrogens with zero attached hydrogens (tertiary/aromatic N) is 1. The van der Waals surface area contributed by atoms with Crippen molar-refractivity contribution in [2.45, 2.75) is 12.8 Å². The van der Waals surface area contributed by atoms with E-state index < -0.39 is 0 Å². The standard InChI is InChI=1S/C6H11ClN2/c7-5-6-8-3-1-2-4-9-6/h1-5H2,(H,8,9). The highest BCUT2D eigenvalue weighted by atomic mass is 35.5. The number of amidine groups is 1. The van der Waals surface area contributed by atoms with Crippen LogP contribution in [0.15, 0.2) is 4.99 Å². The van der Waals surface area contributed by atoms with E-state index >= 15 is 0 Å². The summed E-state index contributed by atoms with van der Waals surface area (Å²) in [5.41, 5.74) is 0. The molecule has 1 rings (SSSR count). The number of halogens is 1. The maximum atomic E-state index is 5.56. The van der Waals surface area contributed by atoms with E-state index in [9.17, 15) is 0 Å². The Kier molecular flexibility index (Phi) is 2.84. The van der Waals surface area contributed by atoms with E-state index in [4.69, 9.17) is 11.6 Å². The molecule has 0 atom stereocenters. The van der Waals surface area contributed by atoms with Gasteiger partial charge in [0.05, 0.1) is 5.88 Å². The third kappa shape index (κ3) is 2.22. The van der Waals surface area contributed by atoms with Crippen molar-refractivity contribution in [1.29, 1.82) is 0 Å². The van der Waals surface area contributed by atoms with E-state index in [1.165, 1.54) is 12.8 Å². The SMILES string of the molecule is ClCC1=NCCCCN1. The molecule has 0 amide bonds. The Balaban J connectivity index is 2.37. The van der Waals surface area contributed by atoms with Crippen LogP contribution in [0, 0.1) is 0 Å². The molecule has 0 aromatic carbocycles. The Morgan fingerprint density at radius 3 is 3.22 bits per heavy atom. The van der Waals surface area contributed by atoms with Gasteiger partial charge in [0.2, 0.25) is 0 Å². The Labute approximate surface area is 60.3 Å². The van der Waals surface area contributed by atoms with Gasteiger partial charge in [-0.2, -0.15) is 0 Å². The Bertz CT molecular complexity index is 112. The van der Waals surface area contributed by atoms with Gasteiger partial charge in [-0.1, -0.05) is 0 Å². The molecule has 0 aliphatic carbocycles. The average molecular weight is 147 g/mol. The molecule has 3 heteroatoms. The lowest BCUT2D eigenvalue weighted by Gasteiger charge is -2.00. The van der Waals surface area contributed by atoms with Gasteiger partial charge in [-0.25, -0.2) is 0 Å². The van der Waals surface area contributed by atoms with Gasteiger partial charge in [-0.3, -0.25) is 4.99 Å². The average Bonchev–Trinajstić information content (AvgIpc) is 2.13. The highest BCUT2D eigenvalue weighted by Crippen LogP contribution is 1.94. The van der Waals surface area contributed by atoms with Crippen LogP contribution in [0.5, 0.6) is 0 Å².